The van der Waals surface area contributed by atoms with Gasteiger partial charge in [0.2, 0.25) is 0 Å². The second-order valence-electron chi connectivity index (χ2n) is 6.68. The molecule has 0 aromatic carbocycles. The quantitative estimate of drug-likeness (QED) is 0.388. The van der Waals surface area contributed by atoms with Gasteiger partial charge in [-0.15, -0.1) is 0 Å². The average molecular weight is 264 g/mol. The van der Waals surface area contributed by atoms with Crippen molar-refractivity contribution in [3.05, 3.63) is 24.3 Å². The molecule has 0 heteroatoms. The molecule has 0 saturated heterocycles. The highest BCUT2D eigenvalue weighted by Gasteiger charge is 2.18. The van der Waals surface area contributed by atoms with Crippen molar-refractivity contribution in [3.63, 3.8) is 0 Å². The summed E-state index contributed by atoms with van der Waals surface area (Å²) in [5.41, 5.74) is 2.50. The van der Waals surface area contributed by atoms with Crippen LogP contribution in [0.4, 0.5) is 0 Å². The number of hydrogen-bond acceptors (Lipinski definition) is 0. The Hall–Kier alpha value is -0.520. The zero-order chi connectivity index (χ0) is 15.0. The van der Waals surface area contributed by atoms with Gasteiger partial charge in [-0.05, 0) is 48.5 Å². The maximum Gasteiger partial charge on any atom is -0.0168 e. The van der Waals surface area contributed by atoms with Crippen LogP contribution in [0.2, 0.25) is 0 Å². The molecule has 0 rings (SSSR count). The van der Waals surface area contributed by atoms with Crippen LogP contribution in [0.15, 0.2) is 24.3 Å². The van der Waals surface area contributed by atoms with Gasteiger partial charge in [-0.2, -0.15) is 0 Å². The third-order valence-corrected chi connectivity index (χ3v) is 4.90. The fourth-order valence-electron chi connectivity index (χ4n) is 2.66. The molecule has 0 aliphatic rings. The Kier molecular flexibility index (Phi) is 9.14. The highest BCUT2D eigenvalue weighted by Crippen LogP contribution is 2.30. The summed E-state index contributed by atoms with van der Waals surface area (Å²) in [6.45, 7) is 22.3. The first kappa shape index (κ1) is 18.5. The van der Waals surface area contributed by atoms with E-state index in [4.69, 9.17) is 0 Å². The van der Waals surface area contributed by atoms with Gasteiger partial charge in [0.25, 0.3) is 0 Å². The maximum absolute atomic E-state index is 4.24. The van der Waals surface area contributed by atoms with E-state index in [2.05, 4.69) is 54.7 Å². The first-order valence-corrected chi connectivity index (χ1v) is 8.20. The summed E-state index contributed by atoms with van der Waals surface area (Å²) in [6.07, 6.45) is 6.38. The third kappa shape index (κ3) is 6.99. The number of allylic oxidation sites excluding steroid dienone is 2. The van der Waals surface area contributed by atoms with Crippen LogP contribution in [0, 0.1) is 23.7 Å². The second-order valence-corrected chi connectivity index (χ2v) is 6.68. The van der Waals surface area contributed by atoms with Crippen molar-refractivity contribution in [3.8, 4) is 0 Å². The van der Waals surface area contributed by atoms with Crippen molar-refractivity contribution in [1.29, 1.82) is 0 Å². The Balaban J connectivity index is 4.13. The zero-order valence-corrected chi connectivity index (χ0v) is 14.3. The fourth-order valence-corrected chi connectivity index (χ4v) is 2.66. The number of hydrogen-bond donors (Lipinski definition) is 0. The SMILES string of the molecule is C=C(CC)C(=C)C(C)C(C)CCC(C)CC(C)CC. The molecule has 19 heavy (non-hydrogen) atoms. The van der Waals surface area contributed by atoms with Crippen LogP contribution in [0.3, 0.4) is 0 Å². The maximum atomic E-state index is 4.24. The van der Waals surface area contributed by atoms with Gasteiger partial charge in [-0.25, -0.2) is 0 Å². The molecular weight excluding hydrogens is 228 g/mol. The highest BCUT2D eigenvalue weighted by molar-refractivity contribution is 5.27. The lowest BCUT2D eigenvalue weighted by atomic mass is 9.81. The molecule has 0 bridgehead atoms. The van der Waals surface area contributed by atoms with E-state index < -0.39 is 0 Å². The van der Waals surface area contributed by atoms with E-state index in [0.717, 1.165) is 24.2 Å². The molecule has 0 amide bonds. The summed E-state index contributed by atoms with van der Waals surface area (Å²) in [6, 6.07) is 0. The lowest BCUT2D eigenvalue weighted by Gasteiger charge is -2.25. The van der Waals surface area contributed by atoms with Crippen molar-refractivity contribution in [2.24, 2.45) is 23.7 Å². The molecule has 0 aromatic rings. The van der Waals surface area contributed by atoms with E-state index in [1.54, 1.807) is 0 Å². The van der Waals surface area contributed by atoms with Crippen LogP contribution in [0.1, 0.15) is 73.6 Å². The molecule has 0 nitrogen and oxygen atoms in total. The summed E-state index contributed by atoms with van der Waals surface area (Å²) in [4.78, 5) is 0. The molecule has 0 fully saturated rings. The van der Waals surface area contributed by atoms with Crippen molar-refractivity contribution >= 4 is 0 Å². The van der Waals surface area contributed by atoms with Crippen LogP contribution < -0.4 is 0 Å². The van der Waals surface area contributed by atoms with Crippen LogP contribution >= 0.6 is 0 Å². The smallest absolute Gasteiger partial charge is 0.0168 e. The van der Waals surface area contributed by atoms with E-state index >= 15 is 0 Å². The molecule has 4 atom stereocenters. The second kappa shape index (κ2) is 9.39. The van der Waals surface area contributed by atoms with E-state index in [-0.39, 0.29) is 0 Å². The molecular formula is C19H36. The van der Waals surface area contributed by atoms with Crippen LogP contribution in [-0.4, -0.2) is 0 Å². The first-order valence-electron chi connectivity index (χ1n) is 8.20. The molecule has 0 aliphatic heterocycles. The van der Waals surface area contributed by atoms with E-state index in [9.17, 15) is 0 Å². The minimum absolute atomic E-state index is 0.572. The standard InChI is InChI=1S/C19H36/c1-9-14(3)13-15(4)11-12-17(6)19(8)18(7)16(5)10-2/h14-15,17,19H,5,7,9-13H2,1-4,6,8H3. The van der Waals surface area contributed by atoms with Gasteiger partial charge in [0.05, 0.1) is 0 Å². The minimum Gasteiger partial charge on any atom is -0.0956 e. The minimum atomic E-state index is 0.572. The largest absolute Gasteiger partial charge is 0.0956 e. The predicted molar refractivity (Wildman–Crippen MR) is 89.4 cm³/mol. The predicted octanol–water partition coefficient (Wildman–Crippen LogP) is 6.63. The van der Waals surface area contributed by atoms with E-state index in [0.29, 0.717) is 5.92 Å². The van der Waals surface area contributed by atoms with Crippen molar-refractivity contribution in [1.82, 2.24) is 0 Å². The zero-order valence-electron chi connectivity index (χ0n) is 14.3. The molecule has 0 spiro atoms. The monoisotopic (exact) mass is 264 g/mol. The molecule has 0 saturated carbocycles. The molecule has 4 unspecified atom stereocenters. The molecule has 0 aromatic heterocycles. The van der Waals surface area contributed by atoms with Crippen molar-refractivity contribution in [2.75, 3.05) is 0 Å². The Morgan fingerprint density at radius 1 is 0.895 bits per heavy atom. The molecule has 0 N–H and O–H groups in total. The van der Waals surface area contributed by atoms with Crippen molar-refractivity contribution in [2.45, 2.75) is 73.6 Å². The summed E-state index contributed by atoms with van der Waals surface area (Å²) in [5.74, 6) is 3.02. The van der Waals surface area contributed by atoms with Crippen LogP contribution in [-0.2, 0) is 0 Å². The normalized spacial score (nSPS) is 17.6. The Morgan fingerprint density at radius 2 is 1.47 bits per heavy atom. The summed E-state index contributed by atoms with van der Waals surface area (Å²) >= 11 is 0. The molecule has 0 radical (unpaired) electrons. The van der Waals surface area contributed by atoms with Gasteiger partial charge >= 0.3 is 0 Å². The first-order chi connectivity index (χ1) is 8.83. The lowest BCUT2D eigenvalue weighted by Crippen LogP contribution is -2.13. The van der Waals surface area contributed by atoms with Gasteiger partial charge in [0.15, 0.2) is 0 Å². The molecule has 0 heterocycles. The lowest BCUT2D eigenvalue weighted by molar-refractivity contribution is 0.327. The topological polar surface area (TPSA) is 0 Å². The fraction of sp³-hybridized carbons (Fsp3) is 0.789. The molecule has 112 valence electrons. The molecule has 0 aliphatic carbocycles. The van der Waals surface area contributed by atoms with Crippen molar-refractivity contribution < 1.29 is 0 Å². The van der Waals surface area contributed by atoms with Gasteiger partial charge in [0, 0.05) is 0 Å². The summed E-state index contributed by atoms with van der Waals surface area (Å²) < 4.78 is 0. The van der Waals surface area contributed by atoms with E-state index in [1.165, 1.54) is 36.8 Å². The Bertz CT molecular complexity index is 274. The van der Waals surface area contributed by atoms with E-state index in [1.807, 2.05) is 0 Å². The third-order valence-electron chi connectivity index (χ3n) is 4.90. The van der Waals surface area contributed by atoms with Crippen LogP contribution in [0.25, 0.3) is 0 Å². The van der Waals surface area contributed by atoms with Gasteiger partial charge in [-0.3, -0.25) is 0 Å². The highest BCUT2D eigenvalue weighted by atomic mass is 14.2. The summed E-state index contributed by atoms with van der Waals surface area (Å²) in [7, 11) is 0. The Labute approximate surface area is 122 Å². The van der Waals surface area contributed by atoms with Gasteiger partial charge < -0.3 is 0 Å². The van der Waals surface area contributed by atoms with Gasteiger partial charge in [0.1, 0.15) is 0 Å². The van der Waals surface area contributed by atoms with Crippen LogP contribution in [0.5, 0.6) is 0 Å². The average Bonchev–Trinajstić information content (AvgIpc) is 2.41. The summed E-state index contributed by atoms with van der Waals surface area (Å²) in [5, 5.41) is 0. The Morgan fingerprint density at radius 3 is 1.95 bits per heavy atom. The number of rotatable bonds is 10. The van der Waals surface area contributed by atoms with Gasteiger partial charge in [-0.1, -0.05) is 73.1 Å².